The lowest BCUT2D eigenvalue weighted by Gasteiger charge is -2.11. The summed E-state index contributed by atoms with van der Waals surface area (Å²) < 4.78 is 15.4. The number of amides is 1. The van der Waals surface area contributed by atoms with Crippen LogP contribution in [-0.2, 0) is 11.3 Å². The van der Waals surface area contributed by atoms with Crippen LogP contribution >= 0.6 is 0 Å². The Morgan fingerprint density at radius 1 is 1.25 bits per heavy atom. The van der Waals surface area contributed by atoms with Crippen molar-refractivity contribution in [2.75, 3.05) is 11.9 Å². The van der Waals surface area contributed by atoms with Gasteiger partial charge in [-0.1, -0.05) is 18.9 Å². The summed E-state index contributed by atoms with van der Waals surface area (Å²) in [6, 6.07) is 8.17. The number of carbonyl (C=O) groups excluding carboxylic acids is 1. The van der Waals surface area contributed by atoms with Gasteiger partial charge in [-0.2, -0.15) is 4.98 Å². The van der Waals surface area contributed by atoms with E-state index in [1.54, 1.807) is 18.3 Å². The number of aryl methyl sites for hydroxylation is 1. The molecule has 0 spiro atoms. The zero-order valence-electron chi connectivity index (χ0n) is 15.7. The fourth-order valence-corrected chi connectivity index (χ4v) is 3.70. The van der Waals surface area contributed by atoms with E-state index in [4.69, 9.17) is 0 Å². The molecule has 1 saturated carbocycles. The lowest BCUT2D eigenvalue weighted by atomic mass is 10.1. The number of benzene rings is 1. The van der Waals surface area contributed by atoms with Crippen LogP contribution in [0.1, 0.15) is 32.1 Å². The average molecular weight is 381 g/mol. The summed E-state index contributed by atoms with van der Waals surface area (Å²) in [4.78, 5) is 20.9. The van der Waals surface area contributed by atoms with Crippen molar-refractivity contribution in [3.8, 4) is 0 Å². The predicted octanol–water partition coefficient (Wildman–Crippen LogP) is 4.01. The van der Waals surface area contributed by atoms with Gasteiger partial charge in [0.2, 0.25) is 11.9 Å². The summed E-state index contributed by atoms with van der Waals surface area (Å²) in [5.41, 5.74) is 1.42. The molecule has 0 unspecified atom stereocenters. The van der Waals surface area contributed by atoms with Crippen LogP contribution in [0.4, 0.5) is 16.0 Å². The predicted molar refractivity (Wildman–Crippen MR) is 107 cm³/mol. The van der Waals surface area contributed by atoms with Crippen molar-refractivity contribution in [2.24, 2.45) is 5.92 Å². The number of hydrogen-bond acceptors (Lipinski definition) is 4. The summed E-state index contributed by atoms with van der Waals surface area (Å²) in [6.07, 6.45) is 8.93. The maximum Gasteiger partial charge on any atom is 0.229 e. The molecule has 4 rings (SSSR count). The van der Waals surface area contributed by atoms with Gasteiger partial charge >= 0.3 is 0 Å². The molecule has 6 nitrogen and oxygen atoms in total. The molecule has 2 aromatic heterocycles. The quantitative estimate of drug-likeness (QED) is 0.607. The van der Waals surface area contributed by atoms with E-state index in [0.29, 0.717) is 18.2 Å². The molecule has 1 amide bonds. The maximum atomic E-state index is 13.4. The molecule has 0 radical (unpaired) electrons. The van der Waals surface area contributed by atoms with Crippen LogP contribution in [0.15, 0.2) is 42.7 Å². The van der Waals surface area contributed by atoms with Gasteiger partial charge < -0.3 is 15.2 Å². The second kappa shape index (κ2) is 8.37. The third kappa shape index (κ3) is 4.30. The highest BCUT2D eigenvalue weighted by Crippen LogP contribution is 2.24. The Morgan fingerprint density at radius 3 is 2.93 bits per heavy atom. The molecule has 7 heteroatoms. The van der Waals surface area contributed by atoms with E-state index in [1.807, 2.05) is 12.3 Å². The standard InChI is InChI=1S/C21H24FN5O/c22-17-7-3-8-18(13-17)25-21-24-14-16-9-12-27(19(16)26-21)11-4-10-23-20(28)15-5-1-2-6-15/h3,7-9,12-15H,1-2,4-6,10-11H2,(H,23,28)(H,24,25,26). The second-order valence-corrected chi connectivity index (χ2v) is 7.24. The SMILES string of the molecule is O=C(NCCCn1ccc2cnc(Nc3cccc(F)c3)nc21)C1CCCC1. The lowest BCUT2D eigenvalue weighted by molar-refractivity contribution is -0.124. The zero-order valence-corrected chi connectivity index (χ0v) is 15.7. The van der Waals surface area contributed by atoms with Crippen molar-refractivity contribution >= 4 is 28.6 Å². The highest BCUT2D eigenvalue weighted by atomic mass is 19.1. The first-order valence-electron chi connectivity index (χ1n) is 9.81. The van der Waals surface area contributed by atoms with Crippen LogP contribution in [0.5, 0.6) is 0 Å². The highest BCUT2D eigenvalue weighted by molar-refractivity contribution is 5.79. The molecule has 0 aliphatic heterocycles. The smallest absolute Gasteiger partial charge is 0.229 e. The Morgan fingerprint density at radius 2 is 2.11 bits per heavy atom. The minimum Gasteiger partial charge on any atom is -0.356 e. The summed E-state index contributed by atoms with van der Waals surface area (Å²) in [5, 5.41) is 7.03. The fourth-order valence-electron chi connectivity index (χ4n) is 3.70. The number of carbonyl (C=O) groups is 1. The minimum atomic E-state index is -0.311. The number of nitrogens with one attached hydrogen (secondary N) is 2. The first kappa shape index (κ1) is 18.4. The summed E-state index contributed by atoms with van der Waals surface area (Å²) in [7, 11) is 0. The Labute approximate surface area is 163 Å². The first-order valence-corrected chi connectivity index (χ1v) is 9.81. The normalized spacial score (nSPS) is 14.5. The topological polar surface area (TPSA) is 71.8 Å². The zero-order chi connectivity index (χ0) is 19.3. The molecule has 0 atom stereocenters. The van der Waals surface area contributed by atoms with E-state index in [0.717, 1.165) is 36.8 Å². The Kier molecular flexibility index (Phi) is 5.50. The molecule has 2 heterocycles. The number of aromatic nitrogens is 3. The molecule has 1 fully saturated rings. The van der Waals surface area contributed by atoms with Gasteiger partial charge in [0.1, 0.15) is 11.5 Å². The van der Waals surface area contributed by atoms with Gasteiger partial charge in [-0.05, 0) is 43.5 Å². The monoisotopic (exact) mass is 381 g/mol. The molecule has 1 aliphatic carbocycles. The third-order valence-corrected chi connectivity index (χ3v) is 5.18. The van der Waals surface area contributed by atoms with Crippen molar-refractivity contribution in [3.05, 3.63) is 48.5 Å². The van der Waals surface area contributed by atoms with Gasteiger partial charge in [0.05, 0.1) is 0 Å². The van der Waals surface area contributed by atoms with Crippen molar-refractivity contribution in [2.45, 2.75) is 38.6 Å². The van der Waals surface area contributed by atoms with Crippen LogP contribution in [0.2, 0.25) is 0 Å². The molecule has 2 N–H and O–H groups in total. The Bertz CT molecular complexity index is 964. The van der Waals surface area contributed by atoms with Gasteiger partial charge in [-0.3, -0.25) is 4.79 Å². The van der Waals surface area contributed by atoms with E-state index in [1.165, 1.54) is 25.0 Å². The Hall–Kier alpha value is -2.96. The number of fused-ring (bicyclic) bond motifs is 1. The number of nitrogens with zero attached hydrogens (tertiary/aromatic N) is 3. The van der Waals surface area contributed by atoms with Crippen LogP contribution in [0, 0.1) is 11.7 Å². The van der Waals surface area contributed by atoms with Crippen LogP contribution < -0.4 is 10.6 Å². The number of hydrogen-bond donors (Lipinski definition) is 2. The maximum absolute atomic E-state index is 13.4. The number of anilines is 2. The third-order valence-electron chi connectivity index (χ3n) is 5.18. The van der Waals surface area contributed by atoms with Gasteiger partial charge in [-0.15, -0.1) is 0 Å². The van der Waals surface area contributed by atoms with Crippen molar-refractivity contribution in [1.82, 2.24) is 19.9 Å². The first-order chi connectivity index (χ1) is 13.7. The highest BCUT2D eigenvalue weighted by Gasteiger charge is 2.21. The summed E-state index contributed by atoms with van der Waals surface area (Å²) in [5.74, 6) is 0.511. The largest absolute Gasteiger partial charge is 0.356 e. The van der Waals surface area contributed by atoms with Gasteiger partial charge in [-0.25, -0.2) is 9.37 Å². The van der Waals surface area contributed by atoms with Gasteiger partial charge in [0.25, 0.3) is 0 Å². The van der Waals surface area contributed by atoms with Crippen LogP contribution in [0.25, 0.3) is 11.0 Å². The fraction of sp³-hybridized carbons (Fsp3) is 0.381. The molecule has 146 valence electrons. The van der Waals surface area contributed by atoms with E-state index in [2.05, 4.69) is 25.2 Å². The summed E-state index contributed by atoms with van der Waals surface area (Å²) >= 11 is 0. The average Bonchev–Trinajstić information content (AvgIpc) is 3.35. The van der Waals surface area contributed by atoms with E-state index in [9.17, 15) is 9.18 Å². The molecule has 0 bridgehead atoms. The second-order valence-electron chi connectivity index (χ2n) is 7.24. The van der Waals surface area contributed by atoms with Gasteiger partial charge in [0.15, 0.2) is 0 Å². The van der Waals surface area contributed by atoms with Crippen molar-refractivity contribution < 1.29 is 9.18 Å². The van der Waals surface area contributed by atoms with Crippen molar-refractivity contribution in [1.29, 1.82) is 0 Å². The molecular weight excluding hydrogens is 357 g/mol. The minimum absolute atomic E-state index is 0.193. The molecule has 0 saturated heterocycles. The number of halogens is 1. The molecule has 28 heavy (non-hydrogen) atoms. The van der Waals surface area contributed by atoms with Gasteiger partial charge in [0, 0.05) is 42.5 Å². The van der Waals surface area contributed by atoms with E-state index in [-0.39, 0.29) is 17.6 Å². The summed E-state index contributed by atoms with van der Waals surface area (Å²) in [6.45, 7) is 1.42. The van der Waals surface area contributed by atoms with Crippen molar-refractivity contribution in [3.63, 3.8) is 0 Å². The Balaban J connectivity index is 1.36. The number of rotatable bonds is 7. The molecule has 1 aliphatic rings. The molecule has 3 aromatic rings. The van der Waals surface area contributed by atoms with E-state index < -0.39 is 0 Å². The van der Waals surface area contributed by atoms with E-state index >= 15 is 0 Å². The molecule has 1 aromatic carbocycles. The van der Waals surface area contributed by atoms with Crippen LogP contribution in [0.3, 0.4) is 0 Å². The lowest BCUT2D eigenvalue weighted by Crippen LogP contribution is -2.30. The molecular formula is C21H24FN5O. The van der Waals surface area contributed by atoms with Crippen LogP contribution in [-0.4, -0.2) is 27.0 Å².